The number of hydrogen-bond acceptors (Lipinski definition) is 4. The van der Waals surface area contributed by atoms with E-state index in [1.54, 1.807) is 12.1 Å². The van der Waals surface area contributed by atoms with E-state index in [0.717, 1.165) is 17.7 Å². The lowest BCUT2D eigenvalue weighted by molar-refractivity contribution is -0.384. The van der Waals surface area contributed by atoms with Gasteiger partial charge in [0.05, 0.1) is 11.0 Å². The van der Waals surface area contributed by atoms with Gasteiger partial charge in [0.15, 0.2) is 0 Å². The van der Waals surface area contributed by atoms with Gasteiger partial charge >= 0.3 is 0 Å². The van der Waals surface area contributed by atoms with Gasteiger partial charge in [0.25, 0.3) is 5.69 Å². The number of hydrogen-bond donors (Lipinski definition) is 1. The van der Waals surface area contributed by atoms with Crippen molar-refractivity contribution in [1.29, 1.82) is 0 Å². The van der Waals surface area contributed by atoms with Crippen LogP contribution in [0.25, 0.3) is 0 Å². The predicted molar refractivity (Wildman–Crippen MR) is 122 cm³/mol. The van der Waals surface area contributed by atoms with Crippen LogP contribution in [0.2, 0.25) is 0 Å². The second-order valence-electron chi connectivity index (χ2n) is 7.85. The average molecular weight is 415 g/mol. The lowest BCUT2D eigenvalue weighted by Gasteiger charge is -2.37. The molecule has 3 aromatic rings. The number of nitrogens with one attached hydrogen (secondary N) is 1. The summed E-state index contributed by atoms with van der Waals surface area (Å²) in [7, 11) is 0. The van der Waals surface area contributed by atoms with Crippen molar-refractivity contribution in [2.24, 2.45) is 5.92 Å². The maximum atomic E-state index is 11.0. The number of fused-ring (bicyclic) bond motifs is 3. The highest BCUT2D eigenvalue weighted by Gasteiger charge is 2.38. The Morgan fingerprint density at radius 2 is 1.83 bits per heavy atom. The number of rotatable bonds is 5. The molecule has 1 heterocycles. The van der Waals surface area contributed by atoms with Crippen LogP contribution >= 0.6 is 11.8 Å². The van der Waals surface area contributed by atoms with Gasteiger partial charge in [-0.2, -0.15) is 0 Å². The molecule has 0 fully saturated rings. The number of non-ortho nitro benzene ring substituents is 1. The summed E-state index contributed by atoms with van der Waals surface area (Å²) in [5.41, 5.74) is 5.10. The zero-order valence-corrected chi connectivity index (χ0v) is 17.2. The van der Waals surface area contributed by atoms with Crippen LogP contribution in [0.5, 0.6) is 0 Å². The summed E-state index contributed by atoms with van der Waals surface area (Å²) in [6, 6.07) is 24.4. The topological polar surface area (TPSA) is 55.2 Å². The highest BCUT2D eigenvalue weighted by atomic mass is 32.2. The first kappa shape index (κ1) is 18.9. The van der Waals surface area contributed by atoms with E-state index < -0.39 is 0 Å². The number of nitro groups is 1. The van der Waals surface area contributed by atoms with E-state index in [1.165, 1.54) is 21.7 Å². The molecule has 150 valence electrons. The molecule has 3 aromatic carbocycles. The van der Waals surface area contributed by atoms with Crippen LogP contribution in [0.3, 0.4) is 0 Å². The van der Waals surface area contributed by atoms with E-state index in [4.69, 9.17) is 0 Å². The van der Waals surface area contributed by atoms with Crippen molar-refractivity contribution in [3.8, 4) is 0 Å². The summed E-state index contributed by atoms with van der Waals surface area (Å²) in [5.74, 6) is 1.75. The molecule has 2 aliphatic rings. The maximum absolute atomic E-state index is 11.0. The van der Waals surface area contributed by atoms with Crippen molar-refractivity contribution in [2.75, 3.05) is 5.32 Å². The van der Waals surface area contributed by atoms with Crippen molar-refractivity contribution in [3.63, 3.8) is 0 Å². The van der Waals surface area contributed by atoms with Gasteiger partial charge < -0.3 is 5.32 Å². The average Bonchev–Trinajstić information content (AvgIpc) is 3.28. The molecule has 0 spiro atoms. The SMILES string of the molecule is O=[N+]([O-])c1ccc([C@@H]2Nc3ccc(CSc4ccccc4)cc3[C@H]3C=CC[C@@H]32)cc1. The minimum atomic E-state index is -0.345. The monoisotopic (exact) mass is 414 g/mol. The molecule has 1 N–H and O–H groups in total. The van der Waals surface area contributed by atoms with Crippen LogP contribution in [0.15, 0.2) is 89.8 Å². The van der Waals surface area contributed by atoms with Gasteiger partial charge in [-0.3, -0.25) is 10.1 Å². The van der Waals surface area contributed by atoms with E-state index in [2.05, 4.69) is 59.9 Å². The third-order valence-corrected chi connectivity index (χ3v) is 7.12. The molecule has 0 saturated heterocycles. The molecule has 5 rings (SSSR count). The normalized spacial score (nSPS) is 21.5. The van der Waals surface area contributed by atoms with Gasteiger partial charge in [0.1, 0.15) is 0 Å². The zero-order chi connectivity index (χ0) is 20.5. The fourth-order valence-electron chi connectivity index (χ4n) is 4.55. The van der Waals surface area contributed by atoms with Crippen LogP contribution in [-0.2, 0) is 5.75 Å². The number of allylic oxidation sites excluding steroid dienone is 2. The number of nitro benzene ring substituents is 1. The van der Waals surface area contributed by atoms with E-state index in [9.17, 15) is 10.1 Å². The van der Waals surface area contributed by atoms with E-state index in [1.807, 2.05) is 30.0 Å². The molecule has 30 heavy (non-hydrogen) atoms. The van der Waals surface area contributed by atoms with Crippen molar-refractivity contribution in [2.45, 2.75) is 29.0 Å². The lowest BCUT2D eigenvalue weighted by Crippen LogP contribution is -2.29. The molecular weight excluding hydrogens is 392 g/mol. The van der Waals surface area contributed by atoms with Crippen molar-refractivity contribution in [3.05, 3.63) is 112 Å². The summed E-state index contributed by atoms with van der Waals surface area (Å²) in [5, 5.41) is 14.7. The predicted octanol–water partition coefficient (Wildman–Crippen LogP) is 6.71. The first-order valence-electron chi connectivity index (χ1n) is 10.2. The maximum Gasteiger partial charge on any atom is 0.269 e. The molecule has 0 unspecified atom stereocenters. The molecule has 0 radical (unpaired) electrons. The largest absolute Gasteiger partial charge is 0.378 e. The molecule has 5 heteroatoms. The zero-order valence-electron chi connectivity index (χ0n) is 16.4. The smallest absolute Gasteiger partial charge is 0.269 e. The van der Waals surface area contributed by atoms with Gasteiger partial charge in [-0.1, -0.05) is 54.6 Å². The van der Waals surface area contributed by atoms with Gasteiger partial charge in [0, 0.05) is 34.4 Å². The second-order valence-corrected chi connectivity index (χ2v) is 8.90. The quantitative estimate of drug-likeness (QED) is 0.218. The minimum absolute atomic E-state index is 0.136. The molecule has 1 aliphatic heterocycles. The first-order chi connectivity index (χ1) is 14.7. The van der Waals surface area contributed by atoms with Crippen LogP contribution in [0.4, 0.5) is 11.4 Å². The van der Waals surface area contributed by atoms with Gasteiger partial charge in [-0.25, -0.2) is 0 Å². The summed E-state index contributed by atoms with van der Waals surface area (Å²) in [4.78, 5) is 11.9. The second kappa shape index (κ2) is 8.00. The summed E-state index contributed by atoms with van der Waals surface area (Å²) in [6.45, 7) is 0. The molecule has 1 aliphatic carbocycles. The summed E-state index contributed by atoms with van der Waals surface area (Å²) < 4.78 is 0. The Labute approximate surface area is 180 Å². The van der Waals surface area contributed by atoms with E-state index in [0.29, 0.717) is 11.8 Å². The number of anilines is 1. The highest BCUT2D eigenvalue weighted by Crippen LogP contribution is 2.50. The van der Waals surface area contributed by atoms with Crippen molar-refractivity contribution < 1.29 is 4.92 Å². The number of benzene rings is 3. The molecule has 3 atom stereocenters. The highest BCUT2D eigenvalue weighted by molar-refractivity contribution is 7.98. The summed E-state index contributed by atoms with van der Waals surface area (Å²) >= 11 is 1.86. The van der Waals surface area contributed by atoms with Crippen LogP contribution < -0.4 is 5.32 Å². The van der Waals surface area contributed by atoms with Crippen molar-refractivity contribution in [1.82, 2.24) is 0 Å². The Bertz CT molecular complexity index is 1100. The molecule has 0 aromatic heterocycles. The van der Waals surface area contributed by atoms with Crippen LogP contribution in [0.1, 0.15) is 35.1 Å². The van der Waals surface area contributed by atoms with Crippen LogP contribution in [0, 0.1) is 16.0 Å². The molecule has 0 saturated carbocycles. The van der Waals surface area contributed by atoms with Gasteiger partial charge in [-0.15, -0.1) is 11.8 Å². The molecule has 0 bridgehead atoms. The first-order valence-corrected chi connectivity index (χ1v) is 11.2. The Kier molecular flexibility index (Phi) is 5.05. The fourth-order valence-corrected chi connectivity index (χ4v) is 5.41. The molecule has 4 nitrogen and oxygen atoms in total. The van der Waals surface area contributed by atoms with Crippen molar-refractivity contribution >= 4 is 23.1 Å². The van der Waals surface area contributed by atoms with E-state index in [-0.39, 0.29) is 16.7 Å². The third-order valence-electron chi connectivity index (χ3n) is 6.04. The Morgan fingerprint density at radius 1 is 1.03 bits per heavy atom. The molecular formula is C25H22N2O2S. The Balaban J connectivity index is 1.40. The lowest BCUT2D eigenvalue weighted by atomic mass is 9.76. The van der Waals surface area contributed by atoms with E-state index >= 15 is 0 Å². The Hall–Kier alpha value is -3.05. The number of thioether (sulfide) groups is 1. The number of nitrogens with zero attached hydrogens (tertiary/aromatic N) is 1. The van der Waals surface area contributed by atoms with Crippen LogP contribution in [-0.4, -0.2) is 4.92 Å². The molecule has 0 amide bonds. The fraction of sp³-hybridized carbons (Fsp3) is 0.200. The standard InChI is InChI=1S/C25H22N2O2S/c28-27(29)19-12-10-18(11-13-19)25-22-8-4-7-21(22)23-15-17(9-14-24(23)26-25)16-30-20-5-2-1-3-6-20/h1-7,9-15,21-22,25-26H,8,16H2/t21-,22-,25-/m0/s1. The minimum Gasteiger partial charge on any atom is -0.378 e. The van der Waals surface area contributed by atoms with Gasteiger partial charge in [0.2, 0.25) is 0 Å². The summed E-state index contributed by atoms with van der Waals surface area (Å²) in [6.07, 6.45) is 5.62. The van der Waals surface area contributed by atoms with Gasteiger partial charge in [-0.05, 0) is 47.2 Å². The Morgan fingerprint density at radius 3 is 2.60 bits per heavy atom. The third kappa shape index (κ3) is 3.61.